The fourth-order valence-corrected chi connectivity index (χ4v) is 2.39. The maximum absolute atomic E-state index is 13.9. The van der Waals surface area contributed by atoms with Gasteiger partial charge in [0, 0.05) is 13.1 Å². The van der Waals surface area contributed by atoms with Crippen molar-refractivity contribution in [3.8, 4) is 0 Å². The first-order valence-electron chi connectivity index (χ1n) is 7.31. The number of benzene rings is 1. The Bertz CT molecular complexity index is 467. The number of ether oxygens (including phenoxy) is 1. The van der Waals surface area contributed by atoms with Gasteiger partial charge in [-0.25, -0.2) is 4.39 Å². The van der Waals surface area contributed by atoms with Gasteiger partial charge in [0.2, 0.25) is 0 Å². The molecule has 0 saturated carbocycles. The van der Waals surface area contributed by atoms with Gasteiger partial charge in [-0.3, -0.25) is 4.79 Å². The third kappa shape index (κ3) is 4.43. The van der Waals surface area contributed by atoms with Crippen LogP contribution in [-0.2, 0) is 9.53 Å². The van der Waals surface area contributed by atoms with Crippen LogP contribution in [0, 0.1) is 5.82 Å². The number of rotatable bonds is 8. The number of likely N-dealkylation sites (N-methyl/N-ethyl adjacent to an activating group) is 1. The Morgan fingerprint density at radius 2 is 2.05 bits per heavy atom. The quantitative estimate of drug-likeness (QED) is 0.749. The molecule has 0 spiro atoms. The minimum atomic E-state index is -0.762. The summed E-state index contributed by atoms with van der Waals surface area (Å²) in [4.78, 5) is 13.9. The molecule has 1 aromatic rings. The second kappa shape index (κ2) is 7.98. The van der Waals surface area contributed by atoms with E-state index in [0.29, 0.717) is 31.7 Å². The Kier molecular flexibility index (Phi) is 6.62. The van der Waals surface area contributed by atoms with Gasteiger partial charge in [0.15, 0.2) is 0 Å². The molecule has 1 N–H and O–H groups in total. The summed E-state index contributed by atoms with van der Waals surface area (Å²) in [6.45, 7) is 7.63. The van der Waals surface area contributed by atoms with Crippen molar-refractivity contribution in [1.82, 2.24) is 5.32 Å². The van der Waals surface area contributed by atoms with Gasteiger partial charge in [0.25, 0.3) is 0 Å². The van der Waals surface area contributed by atoms with Crippen LogP contribution in [0.15, 0.2) is 24.3 Å². The van der Waals surface area contributed by atoms with Crippen molar-refractivity contribution in [3.05, 3.63) is 30.1 Å². The summed E-state index contributed by atoms with van der Waals surface area (Å²) < 4.78 is 18.7. The van der Waals surface area contributed by atoms with Gasteiger partial charge in [0.1, 0.15) is 11.4 Å². The summed E-state index contributed by atoms with van der Waals surface area (Å²) in [7, 11) is 1.38. The first-order chi connectivity index (χ1) is 9.98. The van der Waals surface area contributed by atoms with E-state index in [1.807, 2.05) is 31.7 Å². The van der Waals surface area contributed by atoms with Crippen molar-refractivity contribution < 1.29 is 13.9 Å². The summed E-state index contributed by atoms with van der Waals surface area (Å²) >= 11 is 0. The number of para-hydroxylation sites is 1. The molecule has 0 bridgehead atoms. The lowest BCUT2D eigenvalue weighted by Gasteiger charge is -2.31. The Labute approximate surface area is 126 Å². The van der Waals surface area contributed by atoms with Crippen LogP contribution in [-0.4, -0.2) is 38.3 Å². The van der Waals surface area contributed by atoms with Crippen molar-refractivity contribution >= 4 is 11.7 Å². The highest BCUT2D eigenvalue weighted by Crippen LogP contribution is 2.21. The van der Waals surface area contributed by atoms with Crippen LogP contribution in [0.2, 0.25) is 0 Å². The first kappa shape index (κ1) is 17.4. The van der Waals surface area contributed by atoms with Gasteiger partial charge in [-0.1, -0.05) is 19.1 Å². The average molecular weight is 296 g/mol. The van der Waals surface area contributed by atoms with E-state index in [-0.39, 0.29) is 11.8 Å². The SMILES string of the molecule is CCNC(C)(CCN(CC)c1ccccc1F)C(=O)OC. The lowest BCUT2D eigenvalue weighted by molar-refractivity contribution is -0.148. The Morgan fingerprint density at radius 1 is 1.38 bits per heavy atom. The van der Waals surface area contributed by atoms with Crippen LogP contribution in [0.5, 0.6) is 0 Å². The molecule has 1 aromatic carbocycles. The molecule has 0 amide bonds. The zero-order valence-electron chi connectivity index (χ0n) is 13.3. The third-order valence-electron chi connectivity index (χ3n) is 3.66. The summed E-state index contributed by atoms with van der Waals surface area (Å²) in [5, 5.41) is 3.16. The predicted octanol–water partition coefficient (Wildman–Crippen LogP) is 2.58. The van der Waals surface area contributed by atoms with E-state index < -0.39 is 5.54 Å². The molecule has 0 heterocycles. The molecule has 0 aliphatic rings. The van der Waals surface area contributed by atoms with E-state index in [1.54, 1.807) is 12.1 Å². The number of hydrogen-bond donors (Lipinski definition) is 1. The molecule has 4 nitrogen and oxygen atoms in total. The third-order valence-corrected chi connectivity index (χ3v) is 3.66. The monoisotopic (exact) mass is 296 g/mol. The maximum Gasteiger partial charge on any atom is 0.325 e. The molecule has 1 rings (SSSR count). The normalized spacial score (nSPS) is 13.6. The van der Waals surface area contributed by atoms with Crippen molar-refractivity contribution in [3.63, 3.8) is 0 Å². The zero-order chi connectivity index (χ0) is 15.9. The number of carbonyl (C=O) groups is 1. The summed E-state index contributed by atoms with van der Waals surface area (Å²) in [6, 6.07) is 6.68. The van der Waals surface area contributed by atoms with Crippen molar-refractivity contribution in [1.29, 1.82) is 0 Å². The predicted molar refractivity (Wildman–Crippen MR) is 83.0 cm³/mol. The fraction of sp³-hybridized carbons (Fsp3) is 0.562. The molecule has 0 fully saturated rings. The number of halogens is 1. The smallest absolute Gasteiger partial charge is 0.325 e. The Morgan fingerprint density at radius 3 is 2.57 bits per heavy atom. The number of hydrogen-bond acceptors (Lipinski definition) is 4. The van der Waals surface area contributed by atoms with Crippen LogP contribution >= 0.6 is 0 Å². The molecule has 1 atom stereocenters. The van der Waals surface area contributed by atoms with Gasteiger partial charge in [-0.2, -0.15) is 0 Å². The van der Waals surface area contributed by atoms with Gasteiger partial charge >= 0.3 is 5.97 Å². The highest BCUT2D eigenvalue weighted by molar-refractivity contribution is 5.80. The molecule has 0 radical (unpaired) electrons. The number of nitrogens with zero attached hydrogens (tertiary/aromatic N) is 1. The van der Waals surface area contributed by atoms with Crippen molar-refractivity contribution in [2.24, 2.45) is 0 Å². The number of methoxy groups -OCH3 is 1. The molecule has 5 heteroatoms. The lowest BCUT2D eigenvalue weighted by Crippen LogP contribution is -2.52. The van der Waals surface area contributed by atoms with Gasteiger partial charge < -0.3 is 15.0 Å². The van der Waals surface area contributed by atoms with Gasteiger partial charge in [-0.05, 0) is 38.9 Å². The van der Waals surface area contributed by atoms with E-state index in [1.165, 1.54) is 13.2 Å². The van der Waals surface area contributed by atoms with Crippen LogP contribution in [0.25, 0.3) is 0 Å². The molecule has 118 valence electrons. The second-order valence-electron chi connectivity index (χ2n) is 5.14. The van der Waals surface area contributed by atoms with Crippen molar-refractivity contribution in [2.45, 2.75) is 32.7 Å². The van der Waals surface area contributed by atoms with Crippen LogP contribution in [0.3, 0.4) is 0 Å². The molecule has 0 aliphatic carbocycles. The van der Waals surface area contributed by atoms with Crippen LogP contribution < -0.4 is 10.2 Å². The second-order valence-corrected chi connectivity index (χ2v) is 5.14. The van der Waals surface area contributed by atoms with E-state index >= 15 is 0 Å². The number of carbonyl (C=O) groups excluding carboxylic acids is 1. The van der Waals surface area contributed by atoms with E-state index in [9.17, 15) is 9.18 Å². The van der Waals surface area contributed by atoms with E-state index in [2.05, 4.69) is 5.32 Å². The van der Waals surface area contributed by atoms with Gasteiger partial charge in [-0.15, -0.1) is 0 Å². The highest BCUT2D eigenvalue weighted by atomic mass is 19.1. The van der Waals surface area contributed by atoms with E-state index in [4.69, 9.17) is 4.74 Å². The largest absolute Gasteiger partial charge is 0.468 e. The molecule has 1 unspecified atom stereocenters. The Balaban J connectivity index is 2.82. The lowest BCUT2D eigenvalue weighted by atomic mass is 9.97. The van der Waals surface area contributed by atoms with Gasteiger partial charge in [0.05, 0.1) is 12.8 Å². The summed E-state index contributed by atoms with van der Waals surface area (Å²) in [6.07, 6.45) is 0.537. The minimum absolute atomic E-state index is 0.248. The topological polar surface area (TPSA) is 41.6 Å². The van der Waals surface area contributed by atoms with Crippen LogP contribution in [0.4, 0.5) is 10.1 Å². The first-order valence-corrected chi connectivity index (χ1v) is 7.31. The van der Waals surface area contributed by atoms with Crippen LogP contribution in [0.1, 0.15) is 27.2 Å². The molecule has 0 aliphatic heterocycles. The molecular formula is C16H25FN2O2. The highest BCUT2D eigenvalue weighted by Gasteiger charge is 2.33. The number of nitrogens with one attached hydrogen (secondary N) is 1. The molecular weight excluding hydrogens is 271 g/mol. The zero-order valence-corrected chi connectivity index (χ0v) is 13.3. The maximum atomic E-state index is 13.9. The molecule has 21 heavy (non-hydrogen) atoms. The standard InChI is InChI=1S/C16H25FN2O2/c1-5-18-16(3,15(20)21-4)11-12-19(6-2)14-10-8-7-9-13(14)17/h7-10,18H,5-6,11-12H2,1-4H3. The summed E-state index contributed by atoms with van der Waals surface area (Å²) in [5.74, 6) is -0.545. The average Bonchev–Trinajstić information content (AvgIpc) is 2.49. The van der Waals surface area contributed by atoms with Crippen molar-refractivity contribution in [2.75, 3.05) is 31.6 Å². The van der Waals surface area contributed by atoms with E-state index in [0.717, 1.165) is 0 Å². The molecule has 0 aromatic heterocycles. The Hall–Kier alpha value is -1.62. The number of esters is 1. The summed E-state index contributed by atoms with van der Waals surface area (Å²) in [5.41, 5.74) is -0.203. The minimum Gasteiger partial charge on any atom is -0.468 e. The molecule has 0 saturated heterocycles. The fourth-order valence-electron chi connectivity index (χ4n) is 2.39. The number of anilines is 1.